The summed E-state index contributed by atoms with van der Waals surface area (Å²) >= 11 is 0. The lowest BCUT2D eigenvalue weighted by molar-refractivity contribution is -0.129. The highest BCUT2D eigenvalue weighted by Crippen LogP contribution is 2.40. The molecule has 1 amide bonds. The van der Waals surface area contributed by atoms with E-state index in [0.29, 0.717) is 6.54 Å². The van der Waals surface area contributed by atoms with Crippen LogP contribution in [-0.4, -0.2) is 50.2 Å². The highest BCUT2D eigenvalue weighted by atomic mass is 16.5. The van der Waals surface area contributed by atoms with Gasteiger partial charge in [-0.15, -0.1) is 0 Å². The Labute approximate surface area is 151 Å². The molecule has 4 nitrogen and oxygen atoms in total. The van der Waals surface area contributed by atoms with E-state index in [9.17, 15) is 4.79 Å². The second kappa shape index (κ2) is 7.88. The lowest BCUT2D eigenvalue weighted by Crippen LogP contribution is -2.58. The standard InChI is InChI=1S/C21H32N2O2/c1-23(2)20(13-15-25-16-14-20)17-22-19(24)21(11-7-4-8-12-21)18-9-5-3-6-10-18/h3,5-6,9-10H,4,7-8,11-17H2,1-2H3,(H,22,24). The second-order valence-electron chi connectivity index (χ2n) is 7.92. The molecule has 0 bridgehead atoms. The van der Waals surface area contributed by atoms with Crippen LogP contribution in [0.2, 0.25) is 0 Å². The summed E-state index contributed by atoms with van der Waals surface area (Å²) in [6.45, 7) is 2.26. The van der Waals surface area contributed by atoms with Gasteiger partial charge in [-0.1, -0.05) is 49.6 Å². The lowest BCUT2D eigenvalue weighted by Gasteiger charge is -2.44. The van der Waals surface area contributed by atoms with Crippen molar-refractivity contribution in [2.24, 2.45) is 0 Å². The number of ether oxygens (including phenoxy) is 1. The lowest BCUT2D eigenvalue weighted by atomic mass is 9.68. The van der Waals surface area contributed by atoms with Crippen LogP contribution in [0.4, 0.5) is 0 Å². The molecule has 1 aliphatic carbocycles. The van der Waals surface area contributed by atoms with E-state index in [2.05, 4.69) is 48.6 Å². The molecule has 1 heterocycles. The third-order valence-corrected chi connectivity index (χ3v) is 6.42. The Kier molecular flexibility index (Phi) is 5.80. The van der Waals surface area contributed by atoms with Crippen LogP contribution in [0.15, 0.2) is 30.3 Å². The number of likely N-dealkylation sites (N-methyl/N-ethyl adjacent to an activating group) is 1. The average molecular weight is 344 g/mol. The van der Waals surface area contributed by atoms with Crippen LogP contribution in [0, 0.1) is 0 Å². The highest BCUT2D eigenvalue weighted by molar-refractivity contribution is 5.88. The summed E-state index contributed by atoms with van der Waals surface area (Å²) in [7, 11) is 4.23. The molecule has 4 heteroatoms. The quantitative estimate of drug-likeness (QED) is 0.892. The summed E-state index contributed by atoms with van der Waals surface area (Å²) in [4.78, 5) is 15.6. The molecular formula is C21H32N2O2. The molecule has 1 saturated carbocycles. The maximum absolute atomic E-state index is 13.4. The van der Waals surface area contributed by atoms with Gasteiger partial charge in [0.05, 0.1) is 5.41 Å². The molecule has 0 atom stereocenters. The Balaban J connectivity index is 1.77. The first kappa shape index (κ1) is 18.4. The molecule has 1 N–H and O–H groups in total. The van der Waals surface area contributed by atoms with Crippen LogP contribution in [0.25, 0.3) is 0 Å². The fourth-order valence-corrected chi connectivity index (χ4v) is 4.51. The van der Waals surface area contributed by atoms with Gasteiger partial charge in [0, 0.05) is 25.3 Å². The molecule has 0 unspecified atom stereocenters. The number of nitrogens with one attached hydrogen (secondary N) is 1. The van der Waals surface area contributed by atoms with Crippen molar-refractivity contribution >= 4 is 5.91 Å². The fourth-order valence-electron chi connectivity index (χ4n) is 4.51. The number of carbonyl (C=O) groups excluding carboxylic acids is 1. The van der Waals surface area contributed by atoms with E-state index in [1.165, 1.54) is 12.0 Å². The third-order valence-electron chi connectivity index (χ3n) is 6.42. The summed E-state index contributed by atoms with van der Waals surface area (Å²) in [6.07, 6.45) is 7.36. The second-order valence-corrected chi connectivity index (χ2v) is 7.92. The van der Waals surface area contributed by atoms with Crippen molar-refractivity contribution < 1.29 is 9.53 Å². The Morgan fingerprint density at radius 1 is 1.04 bits per heavy atom. The minimum absolute atomic E-state index is 0.0143. The first-order chi connectivity index (χ1) is 12.1. The molecule has 1 saturated heterocycles. The molecule has 1 aromatic rings. The number of hydrogen-bond donors (Lipinski definition) is 1. The minimum Gasteiger partial charge on any atom is -0.381 e. The van der Waals surface area contributed by atoms with Crippen molar-refractivity contribution in [3.05, 3.63) is 35.9 Å². The number of amides is 1. The van der Waals surface area contributed by atoms with Gasteiger partial charge >= 0.3 is 0 Å². The normalized spacial score (nSPS) is 22.5. The molecule has 1 aromatic carbocycles. The summed E-state index contributed by atoms with van der Waals surface area (Å²) in [6, 6.07) is 10.4. The number of benzene rings is 1. The molecule has 2 aliphatic rings. The van der Waals surface area contributed by atoms with E-state index in [-0.39, 0.29) is 16.9 Å². The van der Waals surface area contributed by atoms with E-state index in [0.717, 1.165) is 51.7 Å². The maximum atomic E-state index is 13.4. The zero-order valence-corrected chi connectivity index (χ0v) is 15.7. The predicted molar refractivity (Wildman–Crippen MR) is 101 cm³/mol. The highest BCUT2D eigenvalue weighted by Gasteiger charge is 2.42. The minimum atomic E-state index is -0.349. The van der Waals surface area contributed by atoms with Gasteiger partial charge in [0.2, 0.25) is 5.91 Å². The first-order valence-corrected chi connectivity index (χ1v) is 9.68. The van der Waals surface area contributed by atoms with Gasteiger partial charge in [-0.2, -0.15) is 0 Å². The van der Waals surface area contributed by atoms with Gasteiger partial charge in [0.15, 0.2) is 0 Å². The summed E-state index contributed by atoms with van der Waals surface area (Å²) < 4.78 is 5.55. The largest absolute Gasteiger partial charge is 0.381 e. The van der Waals surface area contributed by atoms with Crippen molar-refractivity contribution in [1.82, 2.24) is 10.2 Å². The van der Waals surface area contributed by atoms with Gasteiger partial charge < -0.3 is 15.0 Å². The van der Waals surface area contributed by atoms with Crippen LogP contribution in [0.5, 0.6) is 0 Å². The number of rotatable bonds is 5. The van der Waals surface area contributed by atoms with Crippen LogP contribution in [0.3, 0.4) is 0 Å². The summed E-state index contributed by atoms with van der Waals surface area (Å²) in [5, 5.41) is 3.35. The molecular weight excluding hydrogens is 312 g/mol. The SMILES string of the molecule is CN(C)C1(CNC(=O)C2(c3ccccc3)CCCCC2)CCOCC1. The zero-order valence-electron chi connectivity index (χ0n) is 15.7. The number of hydrogen-bond acceptors (Lipinski definition) is 3. The number of carbonyl (C=O) groups is 1. The van der Waals surface area contributed by atoms with Crippen LogP contribution in [0.1, 0.15) is 50.5 Å². The van der Waals surface area contributed by atoms with Gasteiger partial charge in [0.1, 0.15) is 0 Å². The summed E-state index contributed by atoms with van der Waals surface area (Å²) in [5.41, 5.74) is 0.844. The summed E-state index contributed by atoms with van der Waals surface area (Å²) in [5.74, 6) is 0.214. The molecule has 138 valence electrons. The van der Waals surface area contributed by atoms with Crippen molar-refractivity contribution in [2.45, 2.75) is 55.9 Å². The predicted octanol–water partition coefficient (Wildman–Crippen LogP) is 3.12. The van der Waals surface area contributed by atoms with E-state index in [1.807, 2.05) is 6.07 Å². The van der Waals surface area contributed by atoms with E-state index in [1.54, 1.807) is 0 Å². The monoisotopic (exact) mass is 344 g/mol. The molecule has 0 radical (unpaired) electrons. The van der Waals surface area contributed by atoms with Crippen LogP contribution < -0.4 is 5.32 Å². The van der Waals surface area contributed by atoms with Crippen LogP contribution in [-0.2, 0) is 14.9 Å². The molecule has 2 fully saturated rings. The Morgan fingerprint density at radius 3 is 2.28 bits per heavy atom. The van der Waals surface area contributed by atoms with Crippen LogP contribution >= 0.6 is 0 Å². The van der Waals surface area contributed by atoms with E-state index >= 15 is 0 Å². The van der Waals surface area contributed by atoms with Gasteiger partial charge in [-0.25, -0.2) is 0 Å². The average Bonchev–Trinajstić information content (AvgIpc) is 2.68. The fraction of sp³-hybridized carbons (Fsp3) is 0.667. The van der Waals surface area contributed by atoms with Crippen molar-refractivity contribution in [3.8, 4) is 0 Å². The molecule has 0 aromatic heterocycles. The topological polar surface area (TPSA) is 41.6 Å². The van der Waals surface area contributed by atoms with E-state index in [4.69, 9.17) is 4.74 Å². The van der Waals surface area contributed by atoms with Crippen molar-refractivity contribution in [3.63, 3.8) is 0 Å². The molecule has 3 rings (SSSR count). The molecule has 0 spiro atoms. The van der Waals surface area contributed by atoms with Gasteiger partial charge in [-0.05, 0) is 45.3 Å². The Bertz CT molecular complexity index is 559. The van der Waals surface area contributed by atoms with Gasteiger partial charge in [0.25, 0.3) is 0 Å². The smallest absolute Gasteiger partial charge is 0.230 e. The number of nitrogens with zero attached hydrogens (tertiary/aromatic N) is 1. The van der Waals surface area contributed by atoms with E-state index < -0.39 is 0 Å². The zero-order chi connectivity index (χ0) is 17.8. The molecule has 25 heavy (non-hydrogen) atoms. The first-order valence-electron chi connectivity index (χ1n) is 9.68. The third kappa shape index (κ3) is 3.75. The Hall–Kier alpha value is -1.39. The Morgan fingerprint density at radius 2 is 1.68 bits per heavy atom. The van der Waals surface area contributed by atoms with Gasteiger partial charge in [-0.3, -0.25) is 4.79 Å². The molecule has 1 aliphatic heterocycles. The van der Waals surface area contributed by atoms with Crippen molar-refractivity contribution in [2.75, 3.05) is 33.9 Å². The maximum Gasteiger partial charge on any atom is 0.230 e. The van der Waals surface area contributed by atoms with Crippen molar-refractivity contribution in [1.29, 1.82) is 0 Å².